The molecule has 4 heterocycles. The Morgan fingerprint density at radius 1 is 1.00 bits per heavy atom. The number of nitrogens with zero attached hydrogens (tertiary/aromatic N) is 5. The zero-order valence-corrected chi connectivity index (χ0v) is 17.1. The molecule has 0 saturated carbocycles. The van der Waals surface area contributed by atoms with Gasteiger partial charge in [0.05, 0.1) is 12.8 Å². The minimum Gasteiger partial charge on any atom is -0.480 e. The van der Waals surface area contributed by atoms with Crippen molar-refractivity contribution in [3.05, 3.63) is 70.4 Å². The Labute approximate surface area is 176 Å². The highest BCUT2D eigenvalue weighted by Gasteiger charge is 2.23. The van der Waals surface area contributed by atoms with Gasteiger partial charge in [0, 0.05) is 17.5 Å². The fourth-order valence-electron chi connectivity index (χ4n) is 3.64. The number of aromatic amines is 1. The molecule has 0 saturated heterocycles. The van der Waals surface area contributed by atoms with Crippen LogP contribution in [-0.4, -0.2) is 36.9 Å². The number of aromatic nitrogens is 6. The summed E-state index contributed by atoms with van der Waals surface area (Å²) in [6.07, 6.45) is 1.60. The van der Waals surface area contributed by atoms with Gasteiger partial charge in [0.25, 0.3) is 17.3 Å². The number of H-pyrrole nitrogens is 1. The first-order valence-corrected chi connectivity index (χ1v) is 9.59. The van der Waals surface area contributed by atoms with E-state index < -0.39 is 0 Å². The fourth-order valence-corrected chi connectivity index (χ4v) is 3.64. The number of hydrogen-bond acceptors (Lipinski definition) is 7. The number of hydrogen-bond donors (Lipinski definition) is 1. The van der Waals surface area contributed by atoms with Gasteiger partial charge in [-0.1, -0.05) is 30.3 Å². The Hall–Kier alpha value is -4.27. The Balaban J connectivity index is 1.68. The highest BCUT2D eigenvalue weighted by atomic mass is 16.5. The van der Waals surface area contributed by atoms with Crippen LogP contribution < -0.4 is 10.3 Å². The van der Waals surface area contributed by atoms with Crippen LogP contribution in [0.3, 0.4) is 0 Å². The molecule has 0 aliphatic heterocycles. The summed E-state index contributed by atoms with van der Waals surface area (Å²) >= 11 is 0. The van der Waals surface area contributed by atoms with Gasteiger partial charge in [-0.05, 0) is 31.5 Å². The summed E-state index contributed by atoms with van der Waals surface area (Å²) in [5.74, 6) is 0.641. The highest BCUT2D eigenvalue weighted by molar-refractivity contribution is 5.80. The lowest BCUT2D eigenvalue weighted by Gasteiger charge is -2.04. The number of ether oxygens (including phenoxy) is 1. The molecule has 0 amide bonds. The molecule has 154 valence electrons. The molecule has 0 atom stereocenters. The van der Waals surface area contributed by atoms with Crippen molar-refractivity contribution in [1.82, 2.24) is 29.8 Å². The predicted molar refractivity (Wildman–Crippen MR) is 114 cm³/mol. The third-order valence-corrected chi connectivity index (χ3v) is 5.04. The van der Waals surface area contributed by atoms with Crippen LogP contribution in [0.15, 0.2) is 57.9 Å². The SMILES string of the molecule is COc1ncccc1-c1nnc(-c2c(C)nc3c(-c4ccccc4)c(C)[nH]n3c2=O)o1. The third kappa shape index (κ3) is 2.98. The van der Waals surface area contributed by atoms with Crippen LogP contribution in [0.1, 0.15) is 11.4 Å². The van der Waals surface area contributed by atoms with E-state index in [1.807, 2.05) is 37.3 Å². The molecule has 4 aromatic heterocycles. The Bertz CT molecular complexity index is 1470. The van der Waals surface area contributed by atoms with Gasteiger partial charge in [0.1, 0.15) is 11.1 Å². The van der Waals surface area contributed by atoms with E-state index in [4.69, 9.17) is 14.1 Å². The smallest absolute Gasteiger partial charge is 0.285 e. The van der Waals surface area contributed by atoms with Crippen molar-refractivity contribution in [2.45, 2.75) is 13.8 Å². The molecule has 0 aliphatic carbocycles. The molecule has 5 rings (SSSR count). The van der Waals surface area contributed by atoms with Crippen LogP contribution in [0.25, 0.3) is 39.7 Å². The molecule has 1 aromatic carbocycles. The van der Waals surface area contributed by atoms with Crippen LogP contribution in [0.2, 0.25) is 0 Å². The minimum atomic E-state index is -0.318. The van der Waals surface area contributed by atoms with E-state index in [1.54, 1.807) is 25.3 Å². The zero-order valence-electron chi connectivity index (χ0n) is 17.1. The van der Waals surface area contributed by atoms with Crippen molar-refractivity contribution in [2.24, 2.45) is 0 Å². The fraction of sp³-hybridized carbons (Fsp3) is 0.136. The van der Waals surface area contributed by atoms with Gasteiger partial charge in [-0.2, -0.15) is 0 Å². The molecule has 9 heteroatoms. The number of fused-ring (bicyclic) bond motifs is 1. The molecular formula is C22H18N6O3. The minimum absolute atomic E-state index is 0.0822. The average molecular weight is 414 g/mol. The average Bonchev–Trinajstić information content (AvgIpc) is 3.39. The maximum Gasteiger partial charge on any atom is 0.285 e. The lowest BCUT2D eigenvalue weighted by atomic mass is 10.1. The van der Waals surface area contributed by atoms with E-state index in [9.17, 15) is 4.79 Å². The van der Waals surface area contributed by atoms with Crippen molar-refractivity contribution in [1.29, 1.82) is 0 Å². The summed E-state index contributed by atoms with van der Waals surface area (Å²) in [4.78, 5) is 22.2. The number of nitrogens with one attached hydrogen (secondary N) is 1. The third-order valence-electron chi connectivity index (χ3n) is 5.04. The van der Waals surface area contributed by atoms with Gasteiger partial charge < -0.3 is 9.15 Å². The normalized spacial score (nSPS) is 11.2. The number of pyridine rings is 1. The maximum atomic E-state index is 13.3. The van der Waals surface area contributed by atoms with E-state index in [0.29, 0.717) is 22.8 Å². The van der Waals surface area contributed by atoms with Crippen LogP contribution in [-0.2, 0) is 0 Å². The molecule has 0 spiro atoms. The summed E-state index contributed by atoms with van der Waals surface area (Å²) in [7, 11) is 1.51. The molecular weight excluding hydrogens is 396 g/mol. The molecule has 31 heavy (non-hydrogen) atoms. The second-order valence-corrected chi connectivity index (χ2v) is 6.99. The van der Waals surface area contributed by atoms with Crippen molar-refractivity contribution < 1.29 is 9.15 Å². The first-order valence-electron chi connectivity index (χ1n) is 9.59. The monoisotopic (exact) mass is 414 g/mol. The Morgan fingerprint density at radius 3 is 2.55 bits per heavy atom. The van der Waals surface area contributed by atoms with E-state index >= 15 is 0 Å². The topological polar surface area (TPSA) is 111 Å². The number of benzene rings is 1. The summed E-state index contributed by atoms with van der Waals surface area (Å²) in [6, 6.07) is 13.3. The lowest BCUT2D eigenvalue weighted by molar-refractivity contribution is 0.397. The van der Waals surface area contributed by atoms with Crippen molar-refractivity contribution in [2.75, 3.05) is 7.11 Å². The van der Waals surface area contributed by atoms with Gasteiger partial charge in [-0.3, -0.25) is 9.89 Å². The largest absolute Gasteiger partial charge is 0.480 e. The number of aryl methyl sites for hydroxylation is 2. The second kappa shape index (κ2) is 7.21. The zero-order chi connectivity index (χ0) is 21.5. The van der Waals surface area contributed by atoms with E-state index in [1.165, 1.54) is 11.6 Å². The maximum absolute atomic E-state index is 13.3. The first-order chi connectivity index (χ1) is 15.1. The summed E-state index contributed by atoms with van der Waals surface area (Å²) in [5, 5.41) is 11.3. The lowest BCUT2D eigenvalue weighted by Crippen LogP contribution is -2.19. The van der Waals surface area contributed by atoms with Crippen molar-refractivity contribution in [3.8, 4) is 39.9 Å². The van der Waals surface area contributed by atoms with Gasteiger partial charge in [-0.25, -0.2) is 14.5 Å². The van der Waals surface area contributed by atoms with E-state index in [2.05, 4.69) is 20.3 Å². The quantitative estimate of drug-likeness (QED) is 0.479. The van der Waals surface area contributed by atoms with Crippen molar-refractivity contribution >= 4 is 5.65 Å². The van der Waals surface area contributed by atoms with Gasteiger partial charge in [0.15, 0.2) is 5.65 Å². The van der Waals surface area contributed by atoms with Crippen LogP contribution in [0, 0.1) is 13.8 Å². The molecule has 1 N–H and O–H groups in total. The molecule has 0 radical (unpaired) electrons. The number of methoxy groups -OCH3 is 1. The van der Waals surface area contributed by atoms with Gasteiger partial charge in [-0.15, -0.1) is 10.2 Å². The molecule has 5 aromatic rings. The Kier molecular flexibility index (Phi) is 4.36. The van der Waals surface area contributed by atoms with Crippen LogP contribution in [0.4, 0.5) is 0 Å². The van der Waals surface area contributed by atoms with Gasteiger partial charge >= 0.3 is 0 Å². The first kappa shape index (κ1) is 18.7. The standard InChI is InChI=1S/C22H18N6O3/c1-12-17(21-26-25-20(31-21)15-10-7-11-23-19(15)30-3)22(29)28-18(24-12)16(13(2)27-28)14-8-5-4-6-9-14/h4-11,27H,1-3H3. The predicted octanol–water partition coefficient (Wildman–Crippen LogP) is 3.43. The van der Waals surface area contributed by atoms with Crippen LogP contribution >= 0.6 is 0 Å². The summed E-state index contributed by atoms with van der Waals surface area (Å²) < 4.78 is 12.5. The molecule has 0 aliphatic rings. The Morgan fingerprint density at radius 2 is 1.77 bits per heavy atom. The van der Waals surface area contributed by atoms with Crippen LogP contribution in [0.5, 0.6) is 5.88 Å². The summed E-state index contributed by atoms with van der Waals surface area (Å²) in [5.41, 5.74) is 4.18. The second-order valence-electron chi connectivity index (χ2n) is 6.99. The molecule has 9 nitrogen and oxygen atoms in total. The van der Waals surface area contributed by atoms with Gasteiger partial charge in [0.2, 0.25) is 5.88 Å². The van der Waals surface area contributed by atoms with E-state index in [0.717, 1.165) is 16.8 Å². The summed E-state index contributed by atoms with van der Waals surface area (Å²) in [6.45, 7) is 3.66. The molecule has 0 fully saturated rings. The highest BCUT2D eigenvalue weighted by Crippen LogP contribution is 2.30. The molecule has 0 bridgehead atoms. The van der Waals surface area contributed by atoms with Crippen molar-refractivity contribution in [3.63, 3.8) is 0 Å². The van der Waals surface area contributed by atoms with E-state index in [-0.39, 0.29) is 22.9 Å². The number of rotatable bonds is 4. The molecule has 0 unspecified atom stereocenters.